The van der Waals surface area contributed by atoms with Crippen LogP contribution in [0.5, 0.6) is 0 Å². The van der Waals surface area contributed by atoms with E-state index in [0.29, 0.717) is 6.61 Å². The van der Waals surface area contributed by atoms with Gasteiger partial charge >= 0.3 is 5.97 Å². The molecule has 0 radical (unpaired) electrons. The van der Waals surface area contributed by atoms with Gasteiger partial charge in [0.15, 0.2) is 0 Å². The molecule has 0 bridgehead atoms. The Morgan fingerprint density at radius 3 is 2.43 bits per heavy atom. The number of nitro groups is 1. The minimum atomic E-state index is -0.435. The van der Waals surface area contributed by atoms with Crippen LogP contribution in [0.25, 0.3) is 5.70 Å². The van der Waals surface area contributed by atoms with E-state index in [1.165, 1.54) is 12.1 Å². The summed E-state index contributed by atoms with van der Waals surface area (Å²) in [6.07, 6.45) is 1.99. The molecule has 1 aromatic rings. The van der Waals surface area contributed by atoms with Crippen LogP contribution in [-0.2, 0) is 9.53 Å². The van der Waals surface area contributed by atoms with Crippen molar-refractivity contribution in [1.82, 2.24) is 9.80 Å². The van der Waals surface area contributed by atoms with E-state index in [0.717, 1.165) is 11.3 Å². The van der Waals surface area contributed by atoms with Crippen molar-refractivity contribution >= 4 is 17.4 Å². The molecule has 0 saturated heterocycles. The third-order valence-electron chi connectivity index (χ3n) is 3.95. The number of nitrogens with zero attached hydrogens (tertiary/aromatic N) is 3. The Balaban J connectivity index is 2.33. The molecule has 0 N–H and O–H groups in total. The van der Waals surface area contributed by atoms with Crippen molar-refractivity contribution in [3.8, 4) is 0 Å². The first-order valence-electron chi connectivity index (χ1n) is 7.39. The highest BCUT2D eigenvalue weighted by molar-refractivity contribution is 5.83. The Kier molecular flexibility index (Phi) is 5.00. The fourth-order valence-corrected chi connectivity index (χ4v) is 2.76. The lowest BCUT2D eigenvalue weighted by atomic mass is 10.1. The van der Waals surface area contributed by atoms with Gasteiger partial charge in [-0.15, -0.1) is 0 Å². The number of rotatable bonds is 5. The lowest BCUT2D eigenvalue weighted by Gasteiger charge is -2.29. The molecule has 7 heteroatoms. The molecule has 7 nitrogen and oxygen atoms in total. The van der Waals surface area contributed by atoms with Crippen LogP contribution in [-0.4, -0.2) is 60.5 Å². The Hall–Kier alpha value is -2.41. The van der Waals surface area contributed by atoms with Gasteiger partial charge in [0.25, 0.3) is 5.69 Å². The van der Waals surface area contributed by atoms with Crippen LogP contribution in [0.3, 0.4) is 0 Å². The normalized spacial score (nSPS) is 20.6. The molecule has 0 spiro atoms. The van der Waals surface area contributed by atoms with Gasteiger partial charge < -0.3 is 14.5 Å². The maximum absolute atomic E-state index is 12.3. The zero-order valence-electron chi connectivity index (χ0n) is 13.7. The van der Waals surface area contributed by atoms with Crippen LogP contribution >= 0.6 is 0 Å². The molecule has 0 amide bonds. The van der Waals surface area contributed by atoms with Crippen molar-refractivity contribution in [2.24, 2.45) is 0 Å². The van der Waals surface area contributed by atoms with Gasteiger partial charge in [-0.05, 0) is 44.8 Å². The fourth-order valence-electron chi connectivity index (χ4n) is 2.76. The van der Waals surface area contributed by atoms with Crippen molar-refractivity contribution in [2.75, 3.05) is 27.7 Å². The molecular formula is C16H21N3O4. The molecule has 0 unspecified atom stereocenters. The van der Waals surface area contributed by atoms with Crippen molar-refractivity contribution in [3.63, 3.8) is 0 Å². The average molecular weight is 319 g/mol. The summed E-state index contributed by atoms with van der Waals surface area (Å²) in [5.74, 6) is -0.276. The summed E-state index contributed by atoms with van der Waals surface area (Å²) in [4.78, 5) is 26.4. The smallest absolute Gasteiger partial charge is 0.330 e. The summed E-state index contributed by atoms with van der Waals surface area (Å²) >= 11 is 0. The summed E-state index contributed by atoms with van der Waals surface area (Å²) < 4.78 is 5.18. The molecule has 23 heavy (non-hydrogen) atoms. The summed E-state index contributed by atoms with van der Waals surface area (Å²) in [7, 11) is 5.64. The van der Waals surface area contributed by atoms with Crippen molar-refractivity contribution in [1.29, 1.82) is 0 Å². The SMILES string of the molecule is CCOC(=O)[C@H]1[C@H](N(C)C)C=C(c2ccc([N+](=O)[O-])cc2)N1C. The zero-order chi connectivity index (χ0) is 17.1. The number of carbonyl (C=O) groups is 1. The summed E-state index contributed by atoms with van der Waals surface area (Å²) in [6, 6.07) is 5.76. The monoisotopic (exact) mass is 319 g/mol. The Morgan fingerprint density at radius 2 is 1.96 bits per heavy atom. The predicted octanol–water partition coefficient (Wildman–Crippen LogP) is 1.74. The van der Waals surface area contributed by atoms with Crippen LogP contribution in [0, 0.1) is 10.1 Å². The Bertz CT molecular complexity index is 625. The first-order valence-corrected chi connectivity index (χ1v) is 7.39. The summed E-state index contributed by atoms with van der Waals surface area (Å²) in [5, 5.41) is 10.8. The number of carbonyl (C=O) groups excluding carboxylic acids is 1. The number of hydrogen-bond donors (Lipinski definition) is 0. The molecule has 124 valence electrons. The van der Waals surface area contributed by atoms with Crippen LogP contribution in [0.2, 0.25) is 0 Å². The van der Waals surface area contributed by atoms with Crippen LogP contribution < -0.4 is 0 Å². The van der Waals surface area contributed by atoms with Crippen LogP contribution in [0.4, 0.5) is 5.69 Å². The highest BCUT2D eigenvalue weighted by atomic mass is 16.6. The first-order chi connectivity index (χ1) is 10.9. The summed E-state index contributed by atoms with van der Waals surface area (Å²) in [5.41, 5.74) is 1.73. The molecule has 1 heterocycles. The number of non-ortho nitro benzene ring substituents is 1. The number of esters is 1. The summed E-state index contributed by atoms with van der Waals surface area (Å²) in [6.45, 7) is 2.11. The number of ether oxygens (including phenoxy) is 1. The molecule has 1 aliphatic rings. The maximum Gasteiger partial charge on any atom is 0.330 e. The second-order valence-corrected chi connectivity index (χ2v) is 5.62. The molecule has 2 rings (SSSR count). The standard InChI is InChI=1S/C16H21N3O4/c1-5-23-16(20)15-14(17(2)3)10-13(18(15)4)11-6-8-12(9-7-11)19(21)22/h6-10,14-15H,5H2,1-4H3/t14-,15-/m1/s1. The minimum Gasteiger partial charge on any atom is -0.464 e. The van der Waals surface area contributed by atoms with E-state index in [4.69, 9.17) is 4.74 Å². The van der Waals surface area contributed by atoms with Gasteiger partial charge in [0, 0.05) is 24.9 Å². The first kappa shape index (κ1) is 17.0. The van der Waals surface area contributed by atoms with E-state index >= 15 is 0 Å². The van der Waals surface area contributed by atoms with Crippen molar-refractivity contribution in [2.45, 2.75) is 19.0 Å². The van der Waals surface area contributed by atoms with Crippen LogP contribution in [0.15, 0.2) is 30.3 Å². The van der Waals surface area contributed by atoms with Crippen molar-refractivity contribution < 1.29 is 14.5 Å². The second kappa shape index (κ2) is 6.78. The van der Waals surface area contributed by atoms with Gasteiger partial charge in [0.2, 0.25) is 0 Å². The molecule has 1 aromatic carbocycles. The minimum absolute atomic E-state index is 0.0427. The van der Waals surface area contributed by atoms with E-state index in [-0.39, 0.29) is 17.7 Å². The van der Waals surface area contributed by atoms with Crippen LogP contribution in [0.1, 0.15) is 12.5 Å². The van der Waals surface area contributed by atoms with Gasteiger partial charge in [-0.25, -0.2) is 4.79 Å². The van der Waals surface area contributed by atoms with Gasteiger partial charge in [-0.3, -0.25) is 10.1 Å². The fraction of sp³-hybridized carbons (Fsp3) is 0.438. The Labute approximate surface area is 135 Å². The molecule has 0 aliphatic carbocycles. The topological polar surface area (TPSA) is 75.9 Å². The van der Waals surface area contributed by atoms with Gasteiger partial charge in [-0.2, -0.15) is 0 Å². The third-order valence-corrected chi connectivity index (χ3v) is 3.95. The van der Waals surface area contributed by atoms with E-state index in [1.807, 2.05) is 37.0 Å². The maximum atomic E-state index is 12.3. The molecule has 1 aliphatic heterocycles. The molecule has 2 atom stereocenters. The number of benzene rings is 1. The van der Waals surface area contributed by atoms with E-state index < -0.39 is 11.0 Å². The molecule has 0 fully saturated rings. The highest BCUT2D eigenvalue weighted by Crippen LogP contribution is 2.32. The number of hydrogen-bond acceptors (Lipinski definition) is 6. The van der Waals surface area contributed by atoms with E-state index in [1.54, 1.807) is 19.1 Å². The molecule has 0 aromatic heterocycles. The van der Waals surface area contributed by atoms with E-state index in [9.17, 15) is 14.9 Å². The Morgan fingerprint density at radius 1 is 1.35 bits per heavy atom. The zero-order valence-corrected chi connectivity index (χ0v) is 13.7. The average Bonchev–Trinajstić information content (AvgIpc) is 2.85. The van der Waals surface area contributed by atoms with Gasteiger partial charge in [0.05, 0.1) is 17.6 Å². The lowest BCUT2D eigenvalue weighted by molar-refractivity contribution is -0.384. The van der Waals surface area contributed by atoms with Gasteiger partial charge in [0.1, 0.15) is 6.04 Å². The number of nitro benzene ring substituents is 1. The second-order valence-electron chi connectivity index (χ2n) is 5.62. The lowest BCUT2D eigenvalue weighted by Crippen LogP contribution is -2.47. The molecular weight excluding hydrogens is 298 g/mol. The third kappa shape index (κ3) is 3.34. The van der Waals surface area contributed by atoms with Gasteiger partial charge in [-0.1, -0.05) is 0 Å². The quantitative estimate of drug-likeness (QED) is 0.467. The van der Waals surface area contributed by atoms with E-state index in [2.05, 4.69) is 0 Å². The largest absolute Gasteiger partial charge is 0.464 e. The van der Waals surface area contributed by atoms with Crippen molar-refractivity contribution in [3.05, 3.63) is 46.0 Å². The number of likely N-dealkylation sites (N-methyl/N-ethyl adjacent to an activating group) is 2. The predicted molar refractivity (Wildman–Crippen MR) is 86.7 cm³/mol. The molecule has 0 saturated carbocycles. The highest BCUT2D eigenvalue weighted by Gasteiger charge is 2.40.